The minimum absolute atomic E-state index is 0.0423. The van der Waals surface area contributed by atoms with Crippen LogP contribution in [-0.4, -0.2) is 62.1 Å². The van der Waals surface area contributed by atoms with Gasteiger partial charge >= 0.3 is 12.5 Å². The SMILES string of the molecule is O=C(COC1CCC(Nc2ccc(OC(F)(F)F)c(C(F)(F)F)c2)CC1)N1CCN(c2ccc(Cl)cc2)CC1. The molecule has 39 heavy (non-hydrogen) atoms. The molecular weight excluding hydrogens is 552 g/mol. The van der Waals surface area contributed by atoms with E-state index in [2.05, 4.69) is 15.0 Å². The maximum Gasteiger partial charge on any atom is 0.573 e. The molecule has 0 unspecified atom stereocenters. The fourth-order valence-corrected chi connectivity index (χ4v) is 4.94. The van der Waals surface area contributed by atoms with Gasteiger partial charge in [0.05, 0.1) is 11.7 Å². The Morgan fingerprint density at radius 1 is 0.923 bits per heavy atom. The molecule has 2 aliphatic rings. The zero-order valence-corrected chi connectivity index (χ0v) is 21.6. The number of ether oxygens (including phenoxy) is 2. The number of alkyl halides is 6. The van der Waals surface area contributed by atoms with Crippen molar-refractivity contribution in [3.63, 3.8) is 0 Å². The Kier molecular flexibility index (Phi) is 9.05. The lowest BCUT2D eigenvalue weighted by Crippen LogP contribution is -2.50. The topological polar surface area (TPSA) is 54.0 Å². The zero-order valence-electron chi connectivity index (χ0n) is 20.8. The largest absolute Gasteiger partial charge is 0.573 e. The van der Waals surface area contributed by atoms with Crippen molar-refractivity contribution >= 4 is 28.9 Å². The summed E-state index contributed by atoms with van der Waals surface area (Å²) in [6.45, 7) is 2.51. The summed E-state index contributed by atoms with van der Waals surface area (Å²) in [4.78, 5) is 16.6. The van der Waals surface area contributed by atoms with Crippen LogP contribution in [0, 0.1) is 0 Å². The minimum atomic E-state index is -5.24. The first-order valence-corrected chi connectivity index (χ1v) is 12.9. The molecule has 1 saturated carbocycles. The Morgan fingerprint density at radius 3 is 2.15 bits per heavy atom. The van der Waals surface area contributed by atoms with E-state index < -0.39 is 23.9 Å². The van der Waals surface area contributed by atoms with Gasteiger partial charge in [-0.1, -0.05) is 11.6 Å². The predicted octanol–water partition coefficient (Wildman–Crippen LogP) is 6.35. The van der Waals surface area contributed by atoms with E-state index in [4.69, 9.17) is 16.3 Å². The van der Waals surface area contributed by atoms with Gasteiger partial charge in [0, 0.05) is 48.6 Å². The maximum absolute atomic E-state index is 13.3. The number of piperazine rings is 1. The van der Waals surface area contributed by atoms with Crippen LogP contribution in [0.2, 0.25) is 5.02 Å². The van der Waals surface area contributed by atoms with Crippen LogP contribution in [0.1, 0.15) is 31.2 Å². The highest BCUT2D eigenvalue weighted by Crippen LogP contribution is 2.40. The second-order valence-corrected chi connectivity index (χ2v) is 9.97. The van der Waals surface area contributed by atoms with Gasteiger partial charge in [-0.25, -0.2) is 0 Å². The van der Waals surface area contributed by atoms with Gasteiger partial charge in [-0.3, -0.25) is 4.79 Å². The van der Waals surface area contributed by atoms with Crippen LogP contribution in [0.3, 0.4) is 0 Å². The van der Waals surface area contributed by atoms with E-state index in [-0.39, 0.29) is 30.3 Å². The number of nitrogens with one attached hydrogen (secondary N) is 1. The Bertz CT molecular complexity index is 1110. The summed E-state index contributed by atoms with van der Waals surface area (Å²) in [6.07, 6.45) is -8.08. The van der Waals surface area contributed by atoms with Crippen molar-refractivity contribution in [1.29, 1.82) is 0 Å². The molecule has 2 fully saturated rings. The molecule has 1 saturated heterocycles. The number of benzene rings is 2. The van der Waals surface area contributed by atoms with Gasteiger partial charge < -0.3 is 24.6 Å². The molecule has 0 aromatic heterocycles. The molecule has 2 aromatic rings. The average Bonchev–Trinajstić information content (AvgIpc) is 2.88. The second-order valence-electron chi connectivity index (χ2n) is 9.53. The van der Waals surface area contributed by atoms with Crippen molar-refractivity contribution in [1.82, 2.24) is 4.90 Å². The molecular formula is C26H28ClF6N3O3. The van der Waals surface area contributed by atoms with Crippen molar-refractivity contribution in [3.8, 4) is 5.75 Å². The van der Waals surface area contributed by atoms with Crippen LogP contribution in [0.15, 0.2) is 42.5 Å². The van der Waals surface area contributed by atoms with Crippen molar-refractivity contribution < 1.29 is 40.6 Å². The molecule has 1 N–H and O–H groups in total. The monoisotopic (exact) mass is 579 g/mol. The standard InChI is InChI=1S/C26H28ClF6N3O3/c27-17-1-6-20(7-2-17)35-11-13-36(14-12-35)24(37)16-38-21-8-3-18(4-9-21)34-19-5-10-23(39-26(31,32)33)22(15-19)25(28,29)30/h1-2,5-7,10,15,18,21,34H,3-4,8-9,11-14,16H2. The molecule has 0 bridgehead atoms. The van der Waals surface area contributed by atoms with E-state index in [1.54, 1.807) is 4.90 Å². The first kappa shape index (κ1) is 29.1. The van der Waals surface area contributed by atoms with Crippen LogP contribution in [0.5, 0.6) is 5.75 Å². The molecule has 0 radical (unpaired) electrons. The maximum atomic E-state index is 13.3. The smallest absolute Gasteiger partial charge is 0.405 e. The van der Waals surface area contributed by atoms with Crippen molar-refractivity contribution in [2.45, 2.75) is 50.4 Å². The third-order valence-electron chi connectivity index (χ3n) is 6.82. The van der Waals surface area contributed by atoms with E-state index >= 15 is 0 Å². The van der Waals surface area contributed by atoms with E-state index in [0.29, 0.717) is 69.0 Å². The summed E-state index contributed by atoms with van der Waals surface area (Å²) < 4.78 is 86.7. The highest BCUT2D eigenvalue weighted by atomic mass is 35.5. The highest BCUT2D eigenvalue weighted by Gasteiger charge is 2.39. The Balaban J connectivity index is 1.21. The number of anilines is 2. The molecule has 0 spiro atoms. The Morgan fingerprint density at radius 2 is 1.56 bits per heavy atom. The molecule has 0 atom stereocenters. The van der Waals surface area contributed by atoms with Gasteiger partial charge in [0.25, 0.3) is 0 Å². The summed E-state index contributed by atoms with van der Waals surface area (Å²) >= 11 is 5.94. The van der Waals surface area contributed by atoms with Crippen LogP contribution in [-0.2, 0) is 15.7 Å². The molecule has 1 aliphatic carbocycles. The fourth-order valence-electron chi connectivity index (χ4n) is 4.81. The van der Waals surface area contributed by atoms with Crippen molar-refractivity contribution in [3.05, 3.63) is 53.1 Å². The molecule has 1 aliphatic heterocycles. The summed E-state index contributed by atoms with van der Waals surface area (Å²) in [5.41, 5.74) is -0.406. The molecule has 13 heteroatoms. The average molecular weight is 580 g/mol. The van der Waals surface area contributed by atoms with E-state index in [1.165, 1.54) is 0 Å². The summed E-state index contributed by atoms with van der Waals surface area (Å²) in [7, 11) is 0. The third-order valence-corrected chi connectivity index (χ3v) is 7.07. The minimum Gasteiger partial charge on any atom is -0.405 e. The van der Waals surface area contributed by atoms with Gasteiger partial charge in [0.1, 0.15) is 12.4 Å². The van der Waals surface area contributed by atoms with Crippen molar-refractivity contribution in [2.24, 2.45) is 0 Å². The number of carbonyl (C=O) groups excluding carboxylic acids is 1. The lowest BCUT2D eigenvalue weighted by atomic mass is 9.92. The quantitative estimate of drug-likeness (QED) is 0.388. The predicted molar refractivity (Wildman–Crippen MR) is 134 cm³/mol. The zero-order chi connectivity index (χ0) is 28.2. The summed E-state index contributed by atoms with van der Waals surface area (Å²) in [6, 6.07) is 9.78. The molecule has 2 aromatic carbocycles. The Labute approximate surface area is 226 Å². The first-order valence-electron chi connectivity index (χ1n) is 12.5. The molecule has 214 valence electrons. The lowest BCUT2D eigenvalue weighted by Gasteiger charge is -2.36. The summed E-state index contributed by atoms with van der Waals surface area (Å²) in [5, 5.41) is 3.63. The van der Waals surface area contributed by atoms with Gasteiger partial charge in [0.2, 0.25) is 5.91 Å². The molecule has 4 rings (SSSR count). The normalized spacial score (nSPS) is 20.6. The highest BCUT2D eigenvalue weighted by molar-refractivity contribution is 6.30. The van der Waals surface area contributed by atoms with E-state index in [1.807, 2.05) is 24.3 Å². The number of halogens is 7. The van der Waals surface area contributed by atoms with Crippen LogP contribution >= 0.6 is 11.6 Å². The first-order chi connectivity index (χ1) is 18.4. The van der Waals surface area contributed by atoms with Crippen molar-refractivity contribution in [2.75, 3.05) is 43.0 Å². The number of amides is 1. The van der Waals surface area contributed by atoms with Gasteiger partial charge in [-0.2, -0.15) is 13.2 Å². The molecule has 1 heterocycles. The number of hydrogen-bond acceptors (Lipinski definition) is 5. The summed E-state index contributed by atoms with van der Waals surface area (Å²) in [5.74, 6) is -1.39. The molecule has 1 amide bonds. The number of rotatable bonds is 7. The van der Waals surface area contributed by atoms with Gasteiger partial charge in [-0.15, -0.1) is 13.2 Å². The second kappa shape index (κ2) is 12.1. The van der Waals surface area contributed by atoms with Crippen LogP contribution < -0.4 is 15.0 Å². The van der Waals surface area contributed by atoms with Crippen LogP contribution in [0.4, 0.5) is 37.7 Å². The number of hydrogen-bond donors (Lipinski definition) is 1. The third kappa shape index (κ3) is 8.31. The van der Waals surface area contributed by atoms with Gasteiger partial charge in [-0.05, 0) is 68.1 Å². The Hall–Kier alpha value is -2.86. The van der Waals surface area contributed by atoms with Crippen LogP contribution in [0.25, 0.3) is 0 Å². The molecule has 6 nitrogen and oxygen atoms in total. The van der Waals surface area contributed by atoms with E-state index in [0.717, 1.165) is 11.8 Å². The lowest BCUT2D eigenvalue weighted by molar-refractivity contribution is -0.276. The number of carbonyl (C=O) groups is 1. The van der Waals surface area contributed by atoms with E-state index in [9.17, 15) is 31.1 Å². The number of nitrogens with zero attached hydrogens (tertiary/aromatic N) is 2. The van der Waals surface area contributed by atoms with Gasteiger partial charge in [0.15, 0.2) is 0 Å². The fraction of sp³-hybridized carbons (Fsp3) is 0.500.